The highest BCUT2D eigenvalue weighted by atomic mass is 16.2. The van der Waals surface area contributed by atoms with Crippen LogP contribution in [0.15, 0.2) is 54.6 Å². The lowest BCUT2D eigenvalue weighted by Gasteiger charge is -2.31. The molecule has 0 bridgehead atoms. The highest BCUT2D eigenvalue weighted by molar-refractivity contribution is 5.89. The molecule has 5 heteroatoms. The smallest absolute Gasteiger partial charge is 0.319 e. The molecular weight excluding hydrogens is 360 g/mol. The number of carbonyl (C=O) groups is 1. The minimum atomic E-state index is -0.119. The highest BCUT2D eigenvalue weighted by Crippen LogP contribution is 2.19. The molecular formula is C24H34N4O. The van der Waals surface area contributed by atoms with Gasteiger partial charge in [0.05, 0.1) is 0 Å². The Hall–Kier alpha value is -2.53. The lowest BCUT2D eigenvalue weighted by Crippen LogP contribution is -2.40. The SMILES string of the molecule is CCCN1CCC(CNC(=O)Nc2ccc(N(C)Cc3ccccc3)cc2)CC1. The lowest BCUT2D eigenvalue weighted by atomic mass is 9.97. The molecule has 29 heavy (non-hydrogen) atoms. The van der Waals surface area contributed by atoms with E-state index in [0.717, 1.165) is 37.6 Å². The summed E-state index contributed by atoms with van der Waals surface area (Å²) in [6, 6.07) is 18.3. The monoisotopic (exact) mass is 394 g/mol. The molecule has 0 aliphatic carbocycles. The van der Waals surface area contributed by atoms with Gasteiger partial charge in [-0.25, -0.2) is 4.79 Å². The van der Waals surface area contributed by atoms with E-state index in [1.165, 1.54) is 31.4 Å². The first-order valence-corrected chi connectivity index (χ1v) is 10.8. The van der Waals surface area contributed by atoms with E-state index in [1.807, 2.05) is 30.3 Å². The predicted octanol–water partition coefficient (Wildman–Crippen LogP) is 4.57. The summed E-state index contributed by atoms with van der Waals surface area (Å²) < 4.78 is 0. The van der Waals surface area contributed by atoms with Gasteiger partial charge in [0.25, 0.3) is 0 Å². The van der Waals surface area contributed by atoms with Crippen molar-refractivity contribution in [2.75, 3.05) is 43.4 Å². The van der Waals surface area contributed by atoms with Gasteiger partial charge in [-0.3, -0.25) is 0 Å². The Morgan fingerprint density at radius 2 is 1.76 bits per heavy atom. The molecule has 0 unspecified atom stereocenters. The second-order valence-electron chi connectivity index (χ2n) is 8.01. The van der Waals surface area contributed by atoms with E-state index in [2.05, 4.69) is 58.7 Å². The largest absolute Gasteiger partial charge is 0.370 e. The maximum atomic E-state index is 12.2. The number of hydrogen-bond acceptors (Lipinski definition) is 3. The average Bonchev–Trinajstić information content (AvgIpc) is 2.75. The van der Waals surface area contributed by atoms with Crippen LogP contribution in [0.1, 0.15) is 31.7 Å². The van der Waals surface area contributed by atoms with Gasteiger partial charge in [0.2, 0.25) is 0 Å². The van der Waals surface area contributed by atoms with Crippen molar-refractivity contribution < 1.29 is 4.79 Å². The van der Waals surface area contributed by atoms with Crippen molar-refractivity contribution in [1.29, 1.82) is 0 Å². The quantitative estimate of drug-likeness (QED) is 0.690. The number of nitrogens with one attached hydrogen (secondary N) is 2. The zero-order chi connectivity index (χ0) is 20.5. The van der Waals surface area contributed by atoms with E-state index >= 15 is 0 Å². The third-order valence-corrected chi connectivity index (χ3v) is 5.63. The summed E-state index contributed by atoms with van der Waals surface area (Å²) in [7, 11) is 2.08. The molecule has 0 spiro atoms. The summed E-state index contributed by atoms with van der Waals surface area (Å²) in [5.74, 6) is 0.586. The molecule has 1 saturated heterocycles. The molecule has 0 aromatic heterocycles. The van der Waals surface area contributed by atoms with Gasteiger partial charge in [-0.15, -0.1) is 0 Å². The normalized spacial score (nSPS) is 15.1. The number of anilines is 2. The Bertz CT molecular complexity index is 739. The van der Waals surface area contributed by atoms with Crippen LogP contribution >= 0.6 is 0 Å². The number of benzene rings is 2. The zero-order valence-electron chi connectivity index (χ0n) is 17.7. The molecule has 2 N–H and O–H groups in total. The first kappa shape index (κ1) is 21.2. The molecule has 3 rings (SSSR count). The van der Waals surface area contributed by atoms with Gasteiger partial charge in [-0.1, -0.05) is 37.3 Å². The first-order valence-electron chi connectivity index (χ1n) is 10.8. The molecule has 1 aliphatic heterocycles. The average molecular weight is 395 g/mol. The second kappa shape index (κ2) is 10.9. The molecule has 2 aromatic carbocycles. The molecule has 2 aromatic rings. The van der Waals surface area contributed by atoms with Crippen LogP contribution in [0, 0.1) is 5.92 Å². The minimum absolute atomic E-state index is 0.119. The van der Waals surface area contributed by atoms with Crippen molar-refractivity contribution in [3.8, 4) is 0 Å². The third kappa shape index (κ3) is 6.79. The Balaban J connectivity index is 1.40. The number of likely N-dealkylation sites (tertiary alicyclic amines) is 1. The number of urea groups is 1. The van der Waals surface area contributed by atoms with Crippen LogP contribution in [0.2, 0.25) is 0 Å². The molecule has 2 amide bonds. The van der Waals surface area contributed by atoms with Crippen LogP contribution in [0.4, 0.5) is 16.2 Å². The van der Waals surface area contributed by atoms with Crippen LogP contribution < -0.4 is 15.5 Å². The fourth-order valence-corrected chi connectivity index (χ4v) is 3.89. The van der Waals surface area contributed by atoms with Crippen molar-refractivity contribution in [2.24, 2.45) is 5.92 Å². The summed E-state index contributed by atoms with van der Waals surface area (Å²) in [4.78, 5) is 17.0. The van der Waals surface area contributed by atoms with Crippen LogP contribution in [-0.4, -0.2) is 44.2 Å². The Morgan fingerprint density at radius 3 is 2.41 bits per heavy atom. The topological polar surface area (TPSA) is 47.6 Å². The van der Waals surface area contributed by atoms with Crippen LogP contribution in [-0.2, 0) is 6.54 Å². The standard InChI is InChI=1S/C24H34N4O/c1-3-15-28-16-13-20(14-17-28)18-25-24(29)26-22-9-11-23(12-10-22)27(2)19-21-7-5-4-6-8-21/h4-12,20H,3,13-19H2,1-2H3,(H2,25,26,29). The van der Waals surface area contributed by atoms with Gasteiger partial charge in [-0.2, -0.15) is 0 Å². The Morgan fingerprint density at radius 1 is 1.07 bits per heavy atom. The van der Waals surface area contributed by atoms with Gasteiger partial charge in [-0.05, 0) is 74.6 Å². The summed E-state index contributed by atoms with van der Waals surface area (Å²) in [5.41, 5.74) is 3.22. The Labute approximate surface area is 175 Å². The van der Waals surface area contributed by atoms with E-state index in [4.69, 9.17) is 0 Å². The number of hydrogen-bond donors (Lipinski definition) is 2. The van der Waals surface area contributed by atoms with Crippen molar-refractivity contribution in [1.82, 2.24) is 10.2 Å². The van der Waals surface area contributed by atoms with Crippen molar-refractivity contribution >= 4 is 17.4 Å². The number of amides is 2. The van der Waals surface area contributed by atoms with Gasteiger partial charge >= 0.3 is 6.03 Å². The maximum Gasteiger partial charge on any atom is 0.319 e. The summed E-state index contributed by atoms with van der Waals surface area (Å²) in [6.45, 7) is 7.33. The van der Waals surface area contributed by atoms with Gasteiger partial charge in [0, 0.05) is 31.5 Å². The molecule has 0 atom stereocenters. The number of piperidine rings is 1. The van der Waals surface area contributed by atoms with E-state index in [9.17, 15) is 4.79 Å². The number of rotatable bonds is 8. The summed E-state index contributed by atoms with van der Waals surface area (Å²) in [6.07, 6.45) is 3.55. The van der Waals surface area contributed by atoms with Crippen LogP contribution in [0.5, 0.6) is 0 Å². The van der Waals surface area contributed by atoms with E-state index < -0.39 is 0 Å². The molecule has 5 nitrogen and oxygen atoms in total. The second-order valence-corrected chi connectivity index (χ2v) is 8.01. The number of carbonyl (C=O) groups excluding carboxylic acids is 1. The minimum Gasteiger partial charge on any atom is -0.370 e. The molecule has 0 radical (unpaired) electrons. The maximum absolute atomic E-state index is 12.2. The fraction of sp³-hybridized carbons (Fsp3) is 0.458. The lowest BCUT2D eigenvalue weighted by molar-refractivity contribution is 0.182. The molecule has 1 heterocycles. The molecule has 156 valence electrons. The summed E-state index contributed by atoms with van der Waals surface area (Å²) >= 11 is 0. The van der Waals surface area contributed by atoms with Crippen LogP contribution in [0.25, 0.3) is 0 Å². The fourth-order valence-electron chi connectivity index (χ4n) is 3.89. The molecule has 1 fully saturated rings. The highest BCUT2D eigenvalue weighted by Gasteiger charge is 2.19. The van der Waals surface area contributed by atoms with Crippen molar-refractivity contribution in [3.63, 3.8) is 0 Å². The molecule has 0 saturated carbocycles. The van der Waals surface area contributed by atoms with Gasteiger partial charge in [0.1, 0.15) is 0 Å². The van der Waals surface area contributed by atoms with E-state index in [1.54, 1.807) is 0 Å². The van der Waals surface area contributed by atoms with E-state index in [-0.39, 0.29) is 6.03 Å². The summed E-state index contributed by atoms with van der Waals surface area (Å²) in [5, 5.41) is 5.99. The van der Waals surface area contributed by atoms with Crippen LogP contribution in [0.3, 0.4) is 0 Å². The van der Waals surface area contributed by atoms with E-state index in [0.29, 0.717) is 5.92 Å². The Kier molecular flexibility index (Phi) is 7.94. The third-order valence-electron chi connectivity index (χ3n) is 5.63. The van der Waals surface area contributed by atoms with Crippen molar-refractivity contribution in [2.45, 2.75) is 32.7 Å². The number of nitrogens with zero attached hydrogens (tertiary/aromatic N) is 2. The predicted molar refractivity (Wildman–Crippen MR) is 121 cm³/mol. The van der Waals surface area contributed by atoms with Gasteiger partial charge in [0.15, 0.2) is 0 Å². The van der Waals surface area contributed by atoms with Crippen molar-refractivity contribution in [3.05, 3.63) is 60.2 Å². The zero-order valence-corrected chi connectivity index (χ0v) is 17.7. The molecule has 1 aliphatic rings. The van der Waals surface area contributed by atoms with Gasteiger partial charge < -0.3 is 20.4 Å². The first-order chi connectivity index (χ1) is 14.1.